The Hall–Kier alpha value is -1.06. The number of nitrogens with zero attached hydrogens (tertiary/aromatic N) is 1. The van der Waals surface area contributed by atoms with Crippen molar-refractivity contribution in [2.75, 3.05) is 19.6 Å². The van der Waals surface area contributed by atoms with Crippen LogP contribution in [0.15, 0.2) is 30.3 Å². The van der Waals surface area contributed by atoms with Crippen LogP contribution >= 0.6 is 0 Å². The van der Waals surface area contributed by atoms with Gasteiger partial charge < -0.3 is 14.7 Å². The smallest absolute Gasteiger partial charge is 0.206 e. The molecular formula is C16H25NO2. The molecule has 3 heteroatoms. The van der Waals surface area contributed by atoms with Crippen LogP contribution in [-0.4, -0.2) is 35.4 Å². The third-order valence-corrected chi connectivity index (χ3v) is 3.85. The van der Waals surface area contributed by atoms with Gasteiger partial charge in [-0.3, -0.25) is 0 Å². The molecule has 1 aliphatic heterocycles. The fraction of sp³-hybridized carbons (Fsp3) is 0.625. The van der Waals surface area contributed by atoms with E-state index in [0.717, 1.165) is 31.3 Å². The summed E-state index contributed by atoms with van der Waals surface area (Å²) in [5.41, 5.74) is 0. The normalized spacial score (nSPS) is 21.0. The molecule has 0 amide bonds. The number of piperidine rings is 1. The molecule has 1 N–H and O–H groups in total. The van der Waals surface area contributed by atoms with Gasteiger partial charge in [-0.05, 0) is 44.0 Å². The number of aliphatic hydroxyl groups is 1. The highest BCUT2D eigenvalue weighted by atomic mass is 16.6. The van der Waals surface area contributed by atoms with Crippen LogP contribution in [0, 0.1) is 5.92 Å². The van der Waals surface area contributed by atoms with Gasteiger partial charge in [0.05, 0.1) is 0 Å². The summed E-state index contributed by atoms with van der Waals surface area (Å²) in [5.74, 6) is 0.474. The van der Waals surface area contributed by atoms with E-state index in [9.17, 15) is 5.11 Å². The van der Waals surface area contributed by atoms with Gasteiger partial charge in [-0.25, -0.2) is 0 Å². The zero-order valence-electron chi connectivity index (χ0n) is 12.0. The number of benzene rings is 1. The first kappa shape index (κ1) is 14.4. The van der Waals surface area contributed by atoms with Crippen LogP contribution in [0.5, 0.6) is 5.75 Å². The van der Waals surface area contributed by atoms with E-state index < -0.39 is 5.79 Å². The van der Waals surface area contributed by atoms with Crippen LogP contribution < -0.4 is 4.74 Å². The Morgan fingerprint density at radius 2 is 1.89 bits per heavy atom. The molecule has 3 nitrogen and oxygen atoms in total. The predicted molar refractivity (Wildman–Crippen MR) is 77.1 cm³/mol. The second-order valence-corrected chi connectivity index (χ2v) is 5.86. The van der Waals surface area contributed by atoms with Gasteiger partial charge in [-0.2, -0.15) is 0 Å². The van der Waals surface area contributed by atoms with Gasteiger partial charge >= 0.3 is 0 Å². The summed E-state index contributed by atoms with van der Waals surface area (Å²) < 4.78 is 5.64. The van der Waals surface area contributed by atoms with Crippen molar-refractivity contribution in [1.29, 1.82) is 0 Å². The first-order valence-electron chi connectivity index (χ1n) is 7.24. The lowest BCUT2D eigenvalue weighted by Crippen LogP contribution is -2.40. The Kier molecular flexibility index (Phi) is 4.83. The lowest BCUT2D eigenvalue weighted by Gasteiger charge is -2.33. The van der Waals surface area contributed by atoms with Crippen molar-refractivity contribution in [2.24, 2.45) is 5.92 Å². The summed E-state index contributed by atoms with van der Waals surface area (Å²) in [6, 6.07) is 9.51. The average Bonchev–Trinajstić information content (AvgIpc) is 2.39. The molecule has 1 fully saturated rings. The molecule has 0 saturated carbocycles. The molecule has 1 aromatic rings. The predicted octanol–water partition coefficient (Wildman–Crippen LogP) is 2.90. The summed E-state index contributed by atoms with van der Waals surface area (Å²) in [5, 5.41) is 10.3. The second-order valence-electron chi connectivity index (χ2n) is 5.86. The Balaban J connectivity index is 1.77. The van der Waals surface area contributed by atoms with E-state index in [-0.39, 0.29) is 0 Å². The Morgan fingerprint density at radius 1 is 1.26 bits per heavy atom. The monoisotopic (exact) mass is 263 g/mol. The number of para-hydroxylation sites is 1. The summed E-state index contributed by atoms with van der Waals surface area (Å²) in [4.78, 5) is 2.42. The van der Waals surface area contributed by atoms with Gasteiger partial charge in [0.2, 0.25) is 5.79 Å². The Bertz CT molecular complexity index is 370. The molecule has 1 aliphatic rings. The first-order chi connectivity index (χ1) is 9.05. The first-order valence-corrected chi connectivity index (χ1v) is 7.24. The molecular weight excluding hydrogens is 238 g/mol. The largest absolute Gasteiger partial charge is 0.463 e. The van der Waals surface area contributed by atoms with E-state index in [1.165, 1.54) is 12.8 Å². The van der Waals surface area contributed by atoms with E-state index in [2.05, 4.69) is 11.8 Å². The fourth-order valence-corrected chi connectivity index (χ4v) is 2.44. The maximum Gasteiger partial charge on any atom is 0.206 e. The zero-order valence-corrected chi connectivity index (χ0v) is 12.0. The summed E-state index contributed by atoms with van der Waals surface area (Å²) in [6.45, 7) is 7.23. The number of hydrogen-bond acceptors (Lipinski definition) is 3. The van der Waals surface area contributed by atoms with Crippen molar-refractivity contribution in [3.05, 3.63) is 30.3 Å². The quantitative estimate of drug-likeness (QED) is 0.829. The van der Waals surface area contributed by atoms with Crippen molar-refractivity contribution >= 4 is 0 Å². The molecule has 0 spiro atoms. The minimum Gasteiger partial charge on any atom is -0.463 e. The van der Waals surface area contributed by atoms with E-state index >= 15 is 0 Å². The summed E-state index contributed by atoms with van der Waals surface area (Å²) in [6.07, 6.45) is 3.17. The number of likely N-dealkylation sites (tertiary alicyclic amines) is 1. The fourth-order valence-electron chi connectivity index (χ4n) is 2.44. The van der Waals surface area contributed by atoms with Crippen molar-refractivity contribution < 1.29 is 9.84 Å². The Labute approximate surface area is 116 Å². The van der Waals surface area contributed by atoms with E-state index in [1.807, 2.05) is 30.3 Å². The molecule has 0 aliphatic carbocycles. The molecule has 1 atom stereocenters. The molecule has 0 aromatic heterocycles. The average molecular weight is 263 g/mol. The van der Waals surface area contributed by atoms with Gasteiger partial charge in [0, 0.05) is 19.9 Å². The lowest BCUT2D eigenvalue weighted by molar-refractivity contribution is -0.130. The van der Waals surface area contributed by atoms with Crippen LogP contribution in [0.2, 0.25) is 0 Å². The van der Waals surface area contributed by atoms with Crippen LogP contribution in [0.4, 0.5) is 0 Å². The molecule has 106 valence electrons. The van der Waals surface area contributed by atoms with E-state index in [1.54, 1.807) is 6.92 Å². The highest BCUT2D eigenvalue weighted by Crippen LogP contribution is 2.21. The third-order valence-electron chi connectivity index (χ3n) is 3.85. The van der Waals surface area contributed by atoms with Crippen molar-refractivity contribution in [3.8, 4) is 5.75 Å². The Morgan fingerprint density at radius 3 is 2.53 bits per heavy atom. The minimum absolute atomic E-state index is 0.635. The molecule has 0 radical (unpaired) electrons. The van der Waals surface area contributed by atoms with Gasteiger partial charge in [0.1, 0.15) is 5.75 Å². The maximum absolute atomic E-state index is 10.3. The minimum atomic E-state index is -1.09. The molecule has 1 aromatic carbocycles. The SMILES string of the molecule is CC1CCN(CCC(C)(O)Oc2ccccc2)CC1. The standard InChI is InChI=1S/C16H25NO2/c1-14-8-11-17(12-9-14)13-10-16(2,18)19-15-6-4-3-5-7-15/h3-7,14,18H,8-13H2,1-2H3. The van der Waals surface area contributed by atoms with Crippen molar-refractivity contribution in [3.63, 3.8) is 0 Å². The highest BCUT2D eigenvalue weighted by molar-refractivity contribution is 5.21. The van der Waals surface area contributed by atoms with Gasteiger partial charge in [0.25, 0.3) is 0 Å². The number of rotatable bonds is 5. The lowest BCUT2D eigenvalue weighted by atomic mass is 9.99. The van der Waals surface area contributed by atoms with Crippen molar-refractivity contribution in [2.45, 2.75) is 38.9 Å². The third kappa shape index (κ3) is 4.84. The zero-order chi connectivity index (χ0) is 13.7. The van der Waals surface area contributed by atoms with Crippen LogP contribution in [-0.2, 0) is 0 Å². The number of ether oxygens (including phenoxy) is 1. The van der Waals surface area contributed by atoms with Crippen LogP contribution in [0.1, 0.15) is 33.1 Å². The molecule has 1 saturated heterocycles. The van der Waals surface area contributed by atoms with Gasteiger partial charge in [0.15, 0.2) is 0 Å². The van der Waals surface area contributed by atoms with Crippen LogP contribution in [0.3, 0.4) is 0 Å². The molecule has 19 heavy (non-hydrogen) atoms. The molecule has 0 bridgehead atoms. The number of hydrogen-bond donors (Lipinski definition) is 1. The molecule has 1 heterocycles. The van der Waals surface area contributed by atoms with Gasteiger partial charge in [-0.1, -0.05) is 25.1 Å². The topological polar surface area (TPSA) is 32.7 Å². The van der Waals surface area contributed by atoms with E-state index in [4.69, 9.17) is 4.74 Å². The van der Waals surface area contributed by atoms with Crippen LogP contribution in [0.25, 0.3) is 0 Å². The second kappa shape index (κ2) is 6.40. The molecule has 1 unspecified atom stereocenters. The van der Waals surface area contributed by atoms with Crippen molar-refractivity contribution in [1.82, 2.24) is 4.90 Å². The van der Waals surface area contributed by atoms with Gasteiger partial charge in [-0.15, -0.1) is 0 Å². The highest BCUT2D eigenvalue weighted by Gasteiger charge is 2.24. The summed E-state index contributed by atoms with van der Waals surface area (Å²) >= 11 is 0. The summed E-state index contributed by atoms with van der Waals surface area (Å²) in [7, 11) is 0. The molecule has 2 rings (SSSR count). The van der Waals surface area contributed by atoms with E-state index in [0.29, 0.717) is 6.42 Å². The maximum atomic E-state index is 10.3.